The highest BCUT2D eigenvalue weighted by Crippen LogP contribution is 2.29. The predicted molar refractivity (Wildman–Crippen MR) is 124 cm³/mol. The number of amidine groups is 1. The average Bonchev–Trinajstić information content (AvgIpc) is 3.11. The van der Waals surface area contributed by atoms with E-state index in [1.807, 2.05) is 30.3 Å². The van der Waals surface area contributed by atoms with Crippen molar-refractivity contribution in [3.8, 4) is 5.75 Å². The maximum absolute atomic E-state index is 13.4. The molecule has 4 aromatic rings. The van der Waals surface area contributed by atoms with Crippen LogP contribution in [0.3, 0.4) is 0 Å². The molecule has 1 aliphatic rings. The molecule has 0 fully saturated rings. The lowest BCUT2D eigenvalue weighted by Gasteiger charge is -2.19. The molecule has 0 spiro atoms. The first-order chi connectivity index (χ1) is 15.5. The molecule has 1 aliphatic heterocycles. The number of nitrogens with zero attached hydrogens (tertiary/aromatic N) is 3. The third-order valence-electron chi connectivity index (χ3n) is 5.15. The molecule has 5 rings (SSSR count). The molecule has 156 valence electrons. The van der Waals surface area contributed by atoms with Gasteiger partial charge in [-0.2, -0.15) is 0 Å². The Balaban J connectivity index is 1.65. The van der Waals surface area contributed by atoms with Gasteiger partial charge in [-0.15, -0.1) is 0 Å². The maximum atomic E-state index is 13.4. The van der Waals surface area contributed by atoms with Crippen LogP contribution in [0.4, 0.5) is 5.69 Å². The molecule has 3 aromatic carbocycles. The zero-order valence-corrected chi connectivity index (χ0v) is 17.1. The number of amides is 1. The van der Waals surface area contributed by atoms with Crippen molar-refractivity contribution < 1.29 is 9.90 Å². The summed E-state index contributed by atoms with van der Waals surface area (Å²) in [5.41, 5.74) is 2.57. The number of benzene rings is 3. The fraction of sp³-hybridized carbons (Fsp3) is 0.0400. The molecule has 0 bridgehead atoms. The number of nitrogens with one attached hydrogen (secondary N) is 1. The molecule has 1 aromatic heterocycles. The summed E-state index contributed by atoms with van der Waals surface area (Å²) < 4.78 is 0. The van der Waals surface area contributed by atoms with Crippen LogP contribution in [0.15, 0.2) is 88.3 Å². The van der Waals surface area contributed by atoms with E-state index in [-0.39, 0.29) is 22.9 Å². The van der Waals surface area contributed by atoms with E-state index in [1.165, 1.54) is 4.90 Å². The van der Waals surface area contributed by atoms with Gasteiger partial charge in [-0.3, -0.25) is 14.5 Å². The summed E-state index contributed by atoms with van der Waals surface area (Å²) in [5, 5.41) is 9.91. The summed E-state index contributed by atoms with van der Waals surface area (Å²) in [7, 11) is 0. The van der Waals surface area contributed by atoms with Crippen molar-refractivity contribution >= 4 is 34.4 Å². The summed E-state index contributed by atoms with van der Waals surface area (Å²) in [6.45, 7) is 1.72. The number of aromatic hydroxyl groups is 1. The van der Waals surface area contributed by atoms with Gasteiger partial charge in [-0.1, -0.05) is 42.5 Å². The van der Waals surface area contributed by atoms with E-state index in [9.17, 15) is 14.7 Å². The Labute approximate surface area is 183 Å². The van der Waals surface area contributed by atoms with Crippen molar-refractivity contribution in [1.82, 2.24) is 9.97 Å². The van der Waals surface area contributed by atoms with Crippen LogP contribution in [0.5, 0.6) is 5.75 Å². The van der Waals surface area contributed by atoms with Gasteiger partial charge in [0.25, 0.3) is 11.5 Å². The van der Waals surface area contributed by atoms with Crippen LogP contribution in [-0.4, -0.2) is 26.8 Å². The molecule has 2 N–H and O–H groups in total. The average molecular weight is 422 g/mol. The zero-order valence-electron chi connectivity index (χ0n) is 17.1. The Kier molecular flexibility index (Phi) is 4.63. The van der Waals surface area contributed by atoms with Crippen LogP contribution in [-0.2, 0) is 4.79 Å². The van der Waals surface area contributed by atoms with Gasteiger partial charge in [0.1, 0.15) is 23.1 Å². The quantitative estimate of drug-likeness (QED) is 0.491. The Morgan fingerprint density at radius 2 is 1.72 bits per heavy atom. The molecule has 0 unspecified atom stereocenters. The number of carbonyl (C=O) groups is 1. The van der Waals surface area contributed by atoms with Gasteiger partial charge < -0.3 is 10.1 Å². The third kappa shape index (κ3) is 3.45. The second kappa shape index (κ2) is 7.63. The number of hydrogen-bond acceptors (Lipinski definition) is 5. The van der Waals surface area contributed by atoms with E-state index in [1.54, 1.807) is 55.5 Å². The summed E-state index contributed by atoms with van der Waals surface area (Å²) in [5.74, 6) is 0.827. The van der Waals surface area contributed by atoms with Crippen molar-refractivity contribution in [2.24, 2.45) is 4.99 Å². The van der Waals surface area contributed by atoms with Crippen molar-refractivity contribution in [1.29, 1.82) is 0 Å². The van der Waals surface area contributed by atoms with E-state index in [4.69, 9.17) is 0 Å². The van der Waals surface area contributed by atoms with Gasteiger partial charge in [0.2, 0.25) is 0 Å². The van der Waals surface area contributed by atoms with E-state index < -0.39 is 0 Å². The second-order valence-corrected chi connectivity index (χ2v) is 7.42. The number of phenols is 1. The van der Waals surface area contributed by atoms with E-state index in [2.05, 4.69) is 15.0 Å². The first kappa shape index (κ1) is 19.4. The molecule has 1 amide bonds. The molecule has 7 nitrogen and oxygen atoms in total. The number of phenolic OH excluding ortho intramolecular Hbond substituents is 1. The third-order valence-corrected chi connectivity index (χ3v) is 5.15. The fourth-order valence-electron chi connectivity index (χ4n) is 3.65. The van der Waals surface area contributed by atoms with Gasteiger partial charge >= 0.3 is 0 Å². The minimum atomic E-state index is -0.312. The summed E-state index contributed by atoms with van der Waals surface area (Å²) in [4.78, 5) is 39.1. The van der Waals surface area contributed by atoms with Gasteiger partial charge in [-0.05, 0) is 48.9 Å². The number of carbonyl (C=O) groups excluding carboxylic acids is 1. The molecular formula is C25H18N4O3. The fourth-order valence-corrected chi connectivity index (χ4v) is 3.65. The largest absolute Gasteiger partial charge is 0.508 e. The first-order valence-corrected chi connectivity index (χ1v) is 9.99. The predicted octanol–water partition coefficient (Wildman–Crippen LogP) is 3.77. The number of anilines is 1. The SMILES string of the molecule is Cc1nc2ccc(N3C(=O)/C(=C\c4ccc(O)cc4)N=C3c3ccccc3)cc2c(=O)[nH]1. The normalized spacial score (nSPS) is 14.9. The Morgan fingerprint density at radius 1 is 0.969 bits per heavy atom. The van der Waals surface area contributed by atoms with E-state index in [0.717, 1.165) is 11.1 Å². The molecular weight excluding hydrogens is 404 g/mol. The van der Waals surface area contributed by atoms with Crippen LogP contribution in [0.25, 0.3) is 17.0 Å². The van der Waals surface area contributed by atoms with Crippen molar-refractivity contribution in [3.63, 3.8) is 0 Å². The molecule has 7 heteroatoms. The van der Waals surface area contributed by atoms with Gasteiger partial charge in [0.05, 0.1) is 16.6 Å². The number of aliphatic imine (C=N–C) groups is 1. The molecule has 0 saturated carbocycles. The van der Waals surface area contributed by atoms with Crippen molar-refractivity contribution in [2.75, 3.05) is 4.90 Å². The summed E-state index contributed by atoms with van der Waals surface area (Å²) in [6.07, 6.45) is 1.67. The molecule has 0 saturated heterocycles. The van der Waals surface area contributed by atoms with Gasteiger partial charge in [0, 0.05) is 5.56 Å². The highest BCUT2D eigenvalue weighted by molar-refractivity contribution is 6.33. The molecule has 2 heterocycles. The van der Waals surface area contributed by atoms with E-state index in [0.29, 0.717) is 28.3 Å². The molecule has 0 atom stereocenters. The lowest BCUT2D eigenvalue weighted by molar-refractivity contribution is -0.113. The van der Waals surface area contributed by atoms with Crippen LogP contribution >= 0.6 is 0 Å². The number of aromatic amines is 1. The van der Waals surface area contributed by atoms with E-state index >= 15 is 0 Å². The minimum Gasteiger partial charge on any atom is -0.508 e. The monoisotopic (exact) mass is 422 g/mol. The number of aryl methyl sites for hydroxylation is 1. The Morgan fingerprint density at radius 3 is 2.47 bits per heavy atom. The summed E-state index contributed by atoms with van der Waals surface area (Å²) >= 11 is 0. The Bertz CT molecular complexity index is 1470. The second-order valence-electron chi connectivity index (χ2n) is 7.42. The number of fused-ring (bicyclic) bond motifs is 1. The number of aromatic nitrogens is 2. The zero-order chi connectivity index (χ0) is 22.2. The molecule has 0 aliphatic carbocycles. The maximum Gasteiger partial charge on any atom is 0.282 e. The van der Waals surface area contributed by atoms with Gasteiger partial charge in [-0.25, -0.2) is 9.98 Å². The highest BCUT2D eigenvalue weighted by Gasteiger charge is 2.32. The molecule has 0 radical (unpaired) electrons. The van der Waals surface area contributed by atoms with Crippen LogP contribution in [0.1, 0.15) is 17.0 Å². The van der Waals surface area contributed by atoms with Gasteiger partial charge in [0.15, 0.2) is 0 Å². The first-order valence-electron chi connectivity index (χ1n) is 9.99. The lowest BCUT2D eigenvalue weighted by atomic mass is 10.1. The standard InChI is InChI=1S/C25H18N4O3/c1-15-26-21-12-9-18(14-20(21)24(31)27-15)29-23(17-5-3-2-4-6-17)28-22(25(29)32)13-16-7-10-19(30)11-8-16/h2-14,30H,1H3,(H,26,27,31)/b22-13+. The Hall–Kier alpha value is -4.52. The number of H-pyrrole nitrogens is 1. The lowest BCUT2D eigenvalue weighted by Crippen LogP contribution is -2.32. The van der Waals surface area contributed by atoms with Crippen LogP contribution in [0.2, 0.25) is 0 Å². The smallest absolute Gasteiger partial charge is 0.282 e. The van der Waals surface area contributed by atoms with Crippen LogP contribution < -0.4 is 10.5 Å². The minimum absolute atomic E-state index is 0.144. The molecule has 32 heavy (non-hydrogen) atoms. The van der Waals surface area contributed by atoms with Crippen molar-refractivity contribution in [3.05, 3.63) is 106 Å². The number of rotatable bonds is 3. The van der Waals surface area contributed by atoms with Crippen molar-refractivity contribution in [2.45, 2.75) is 6.92 Å². The number of hydrogen-bond donors (Lipinski definition) is 2. The highest BCUT2D eigenvalue weighted by atomic mass is 16.3. The summed E-state index contributed by atoms with van der Waals surface area (Å²) in [6, 6.07) is 21.1. The topological polar surface area (TPSA) is 98.7 Å². The van der Waals surface area contributed by atoms with Crippen LogP contribution in [0, 0.1) is 6.92 Å².